The van der Waals surface area contributed by atoms with Gasteiger partial charge in [0.25, 0.3) is 0 Å². The third kappa shape index (κ3) is 2.74. The Bertz CT molecular complexity index is 627. The second-order valence-electron chi connectivity index (χ2n) is 4.94. The fraction of sp³-hybridized carbons (Fsp3) is 0.235. The van der Waals surface area contributed by atoms with Crippen LogP contribution in [0.3, 0.4) is 0 Å². The number of ether oxygens (including phenoxy) is 1. The molecule has 1 fully saturated rings. The lowest BCUT2D eigenvalue weighted by Gasteiger charge is -2.05. The standard InChI is InChI=1S/C17H16ClNO2/c1-2-21-17(20)16-15(12-8-10-13(18)11-9-12)19(16)14-6-4-3-5-7-14/h3-11,15-16H,2H2,1H3/t15-,16+,19?/m0/s1. The van der Waals surface area contributed by atoms with Crippen molar-refractivity contribution in [2.45, 2.75) is 19.0 Å². The van der Waals surface area contributed by atoms with Crippen LogP contribution in [0.2, 0.25) is 5.02 Å². The zero-order chi connectivity index (χ0) is 14.8. The van der Waals surface area contributed by atoms with Gasteiger partial charge in [-0.2, -0.15) is 0 Å². The number of carbonyl (C=O) groups is 1. The molecule has 0 aliphatic carbocycles. The van der Waals surface area contributed by atoms with Gasteiger partial charge in [-0.1, -0.05) is 41.9 Å². The number of para-hydroxylation sites is 1. The molecule has 21 heavy (non-hydrogen) atoms. The van der Waals surface area contributed by atoms with Crippen LogP contribution in [0.25, 0.3) is 0 Å². The molecule has 2 aromatic carbocycles. The monoisotopic (exact) mass is 301 g/mol. The van der Waals surface area contributed by atoms with Crippen molar-refractivity contribution in [2.24, 2.45) is 0 Å². The zero-order valence-electron chi connectivity index (χ0n) is 11.7. The maximum Gasteiger partial charge on any atom is 0.331 e. The third-order valence-corrected chi connectivity index (χ3v) is 3.85. The van der Waals surface area contributed by atoms with E-state index in [2.05, 4.69) is 4.90 Å². The molecular formula is C17H16ClNO2. The van der Waals surface area contributed by atoms with Crippen molar-refractivity contribution < 1.29 is 9.53 Å². The van der Waals surface area contributed by atoms with E-state index in [0.717, 1.165) is 11.3 Å². The largest absolute Gasteiger partial charge is 0.464 e. The Morgan fingerprint density at radius 2 is 1.81 bits per heavy atom. The number of halogens is 1. The van der Waals surface area contributed by atoms with Gasteiger partial charge in [0.2, 0.25) is 0 Å². The van der Waals surface area contributed by atoms with Gasteiger partial charge in [-0.25, -0.2) is 4.79 Å². The molecule has 1 aliphatic heterocycles. The minimum absolute atomic E-state index is 0.0173. The van der Waals surface area contributed by atoms with Crippen LogP contribution >= 0.6 is 11.6 Å². The lowest BCUT2D eigenvalue weighted by Crippen LogP contribution is -2.15. The van der Waals surface area contributed by atoms with E-state index in [9.17, 15) is 4.79 Å². The molecule has 1 aliphatic rings. The summed E-state index contributed by atoms with van der Waals surface area (Å²) in [6.45, 7) is 2.22. The van der Waals surface area contributed by atoms with Crippen molar-refractivity contribution >= 4 is 23.3 Å². The van der Waals surface area contributed by atoms with Crippen LogP contribution in [0.1, 0.15) is 18.5 Å². The Morgan fingerprint density at radius 3 is 2.43 bits per heavy atom. The van der Waals surface area contributed by atoms with Crippen molar-refractivity contribution in [2.75, 3.05) is 11.5 Å². The summed E-state index contributed by atoms with van der Waals surface area (Å²) >= 11 is 5.93. The van der Waals surface area contributed by atoms with E-state index in [-0.39, 0.29) is 18.1 Å². The molecule has 2 atom stereocenters. The summed E-state index contributed by atoms with van der Waals surface area (Å²) in [6, 6.07) is 17.3. The minimum Gasteiger partial charge on any atom is -0.464 e. The highest BCUT2D eigenvalue weighted by molar-refractivity contribution is 6.30. The molecule has 0 amide bonds. The highest BCUT2D eigenvalue weighted by Gasteiger charge is 2.54. The van der Waals surface area contributed by atoms with Gasteiger partial charge in [0, 0.05) is 10.7 Å². The van der Waals surface area contributed by atoms with Gasteiger partial charge in [0.1, 0.15) is 0 Å². The molecule has 0 saturated carbocycles. The number of carbonyl (C=O) groups excluding carboxylic acids is 1. The van der Waals surface area contributed by atoms with Crippen LogP contribution in [0, 0.1) is 0 Å². The maximum absolute atomic E-state index is 12.1. The van der Waals surface area contributed by atoms with E-state index in [1.807, 2.05) is 61.5 Å². The molecule has 0 spiro atoms. The first-order valence-corrected chi connectivity index (χ1v) is 7.35. The smallest absolute Gasteiger partial charge is 0.331 e. The molecule has 1 saturated heterocycles. The normalized spacial score (nSPS) is 20.2. The topological polar surface area (TPSA) is 29.3 Å². The average Bonchev–Trinajstić information content (AvgIpc) is 3.25. The molecule has 0 N–H and O–H groups in total. The maximum atomic E-state index is 12.1. The molecule has 108 valence electrons. The molecule has 3 rings (SSSR count). The summed E-state index contributed by atoms with van der Waals surface area (Å²) in [5, 5.41) is 0.693. The second-order valence-corrected chi connectivity index (χ2v) is 5.37. The average molecular weight is 302 g/mol. The summed E-state index contributed by atoms with van der Waals surface area (Å²) in [5.74, 6) is -0.179. The van der Waals surface area contributed by atoms with E-state index in [0.29, 0.717) is 11.6 Å². The number of rotatable bonds is 4. The summed E-state index contributed by atoms with van der Waals surface area (Å²) in [5.41, 5.74) is 2.09. The summed E-state index contributed by atoms with van der Waals surface area (Å²) in [6.07, 6.45) is 0. The first-order valence-electron chi connectivity index (χ1n) is 6.98. The number of benzene rings is 2. The first-order chi connectivity index (χ1) is 10.2. The van der Waals surface area contributed by atoms with Crippen molar-refractivity contribution in [3.05, 3.63) is 65.2 Å². The van der Waals surface area contributed by atoms with Crippen molar-refractivity contribution in [1.82, 2.24) is 0 Å². The Labute approximate surface area is 129 Å². The molecule has 2 aromatic rings. The molecular weight excluding hydrogens is 286 g/mol. The van der Waals surface area contributed by atoms with Gasteiger partial charge in [-0.3, -0.25) is 0 Å². The Morgan fingerprint density at radius 1 is 1.14 bits per heavy atom. The SMILES string of the molecule is CCOC(=O)[C@H]1[C@H](c2ccc(Cl)cc2)N1c1ccccc1. The van der Waals surface area contributed by atoms with Crippen LogP contribution in [0.5, 0.6) is 0 Å². The second kappa shape index (κ2) is 5.78. The minimum atomic E-state index is -0.256. The van der Waals surface area contributed by atoms with Crippen LogP contribution in [0.15, 0.2) is 54.6 Å². The van der Waals surface area contributed by atoms with Crippen molar-refractivity contribution in [3.63, 3.8) is 0 Å². The molecule has 0 bridgehead atoms. The number of esters is 1. The molecule has 0 unspecified atom stereocenters. The first kappa shape index (κ1) is 14.0. The summed E-state index contributed by atoms with van der Waals surface area (Å²) < 4.78 is 5.19. The lowest BCUT2D eigenvalue weighted by molar-refractivity contribution is -0.142. The van der Waals surface area contributed by atoms with E-state index < -0.39 is 0 Å². The number of anilines is 1. The van der Waals surface area contributed by atoms with E-state index in [1.165, 1.54) is 0 Å². The van der Waals surface area contributed by atoms with Crippen molar-refractivity contribution in [1.29, 1.82) is 0 Å². The molecule has 0 radical (unpaired) electrons. The van der Waals surface area contributed by atoms with Crippen LogP contribution in [-0.2, 0) is 9.53 Å². The quantitative estimate of drug-likeness (QED) is 0.635. The summed E-state index contributed by atoms with van der Waals surface area (Å²) in [7, 11) is 0. The Balaban J connectivity index is 1.89. The lowest BCUT2D eigenvalue weighted by atomic mass is 10.1. The fourth-order valence-corrected chi connectivity index (χ4v) is 2.75. The molecule has 0 aromatic heterocycles. The van der Waals surface area contributed by atoms with Gasteiger partial charge in [0.15, 0.2) is 6.04 Å². The zero-order valence-corrected chi connectivity index (χ0v) is 12.5. The molecule has 4 heteroatoms. The molecule has 1 heterocycles. The van der Waals surface area contributed by atoms with Crippen LogP contribution in [-0.4, -0.2) is 18.6 Å². The van der Waals surface area contributed by atoms with Crippen LogP contribution < -0.4 is 4.90 Å². The van der Waals surface area contributed by atoms with Gasteiger partial charge in [0.05, 0.1) is 12.6 Å². The van der Waals surface area contributed by atoms with Gasteiger partial charge < -0.3 is 9.64 Å². The number of nitrogens with zero attached hydrogens (tertiary/aromatic N) is 1. The summed E-state index contributed by atoms with van der Waals surface area (Å²) in [4.78, 5) is 14.2. The number of hydrogen-bond donors (Lipinski definition) is 0. The third-order valence-electron chi connectivity index (χ3n) is 3.60. The fourth-order valence-electron chi connectivity index (χ4n) is 2.63. The molecule has 3 nitrogen and oxygen atoms in total. The highest BCUT2D eigenvalue weighted by atomic mass is 35.5. The van der Waals surface area contributed by atoms with Crippen molar-refractivity contribution in [3.8, 4) is 0 Å². The van der Waals surface area contributed by atoms with Gasteiger partial charge in [-0.05, 0) is 36.8 Å². The van der Waals surface area contributed by atoms with Gasteiger partial charge in [-0.15, -0.1) is 0 Å². The Kier molecular flexibility index (Phi) is 3.84. The van der Waals surface area contributed by atoms with E-state index in [4.69, 9.17) is 16.3 Å². The van der Waals surface area contributed by atoms with Gasteiger partial charge >= 0.3 is 5.97 Å². The van der Waals surface area contributed by atoms with Crippen LogP contribution in [0.4, 0.5) is 5.69 Å². The van der Waals surface area contributed by atoms with E-state index in [1.54, 1.807) is 0 Å². The Hall–Kier alpha value is -2.00. The van der Waals surface area contributed by atoms with E-state index >= 15 is 0 Å². The predicted octanol–water partition coefficient (Wildman–Crippen LogP) is 3.83. The number of hydrogen-bond acceptors (Lipinski definition) is 3. The predicted molar refractivity (Wildman–Crippen MR) is 83.5 cm³/mol. The highest BCUT2D eigenvalue weighted by Crippen LogP contribution is 2.47.